The number of likely N-dealkylation sites (N-methyl/N-ethyl adjacent to an activating group) is 1. The van der Waals surface area contributed by atoms with Gasteiger partial charge in [-0.15, -0.1) is 11.3 Å². The molecule has 0 atom stereocenters. The molecule has 7 heteroatoms. The van der Waals surface area contributed by atoms with E-state index in [1.165, 1.54) is 0 Å². The van der Waals surface area contributed by atoms with Crippen LogP contribution in [0.5, 0.6) is 5.75 Å². The van der Waals surface area contributed by atoms with Crippen molar-refractivity contribution >= 4 is 17.2 Å². The van der Waals surface area contributed by atoms with Crippen LogP contribution in [0, 0.1) is 6.92 Å². The summed E-state index contributed by atoms with van der Waals surface area (Å²) in [5.41, 5.74) is 1.94. The van der Waals surface area contributed by atoms with Crippen LogP contribution < -0.4 is 4.74 Å². The summed E-state index contributed by atoms with van der Waals surface area (Å²) in [5.74, 6) is 0.687. The maximum Gasteiger partial charge on any atom is 0.260 e. The van der Waals surface area contributed by atoms with Crippen LogP contribution >= 0.6 is 11.3 Å². The number of amides is 1. The van der Waals surface area contributed by atoms with E-state index in [0.29, 0.717) is 6.54 Å². The minimum atomic E-state index is -0.0593. The third-order valence-electron chi connectivity index (χ3n) is 4.33. The number of morpholine rings is 1. The molecule has 3 rings (SSSR count). The Balaban J connectivity index is 1.47. The van der Waals surface area contributed by atoms with E-state index >= 15 is 0 Å². The molecule has 0 N–H and O–H groups in total. The number of aryl methyl sites for hydroxylation is 1. The molecular formula is C19H25N3O3S. The fraction of sp³-hybridized carbons (Fsp3) is 0.474. The van der Waals surface area contributed by atoms with Gasteiger partial charge in [-0.05, 0) is 18.6 Å². The molecule has 2 aromatic rings. The molecule has 1 aliphatic heterocycles. The first kappa shape index (κ1) is 18.8. The van der Waals surface area contributed by atoms with E-state index in [0.717, 1.165) is 54.9 Å². The lowest BCUT2D eigenvalue weighted by Gasteiger charge is -2.25. The summed E-state index contributed by atoms with van der Waals surface area (Å²) in [6.45, 7) is 6.82. The highest BCUT2D eigenvalue weighted by Gasteiger charge is 2.15. The van der Waals surface area contributed by atoms with Crippen molar-refractivity contribution in [2.24, 2.45) is 0 Å². The van der Waals surface area contributed by atoms with Crippen LogP contribution in [0.4, 0.5) is 0 Å². The molecule has 0 aliphatic carbocycles. The normalized spacial score (nSPS) is 15.0. The molecule has 26 heavy (non-hydrogen) atoms. The Kier molecular flexibility index (Phi) is 6.60. The second kappa shape index (κ2) is 9.12. The average molecular weight is 375 g/mol. The Bertz CT molecular complexity index is 728. The summed E-state index contributed by atoms with van der Waals surface area (Å²) in [7, 11) is 1.78. The molecular weight excluding hydrogens is 350 g/mol. The lowest BCUT2D eigenvalue weighted by atomic mass is 10.2. The zero-order valence-electron chi connectivity index (χ0n) is 15.3. The summed E-state index contributed by atoms with van der Waals surface area (Å²) in [5, 5.41) is 3.11. The number of rotatable bonds is 7. The molecule has 0 radical (unpaired) electrons. The number of ether oxygens (including phenoxy) is 2. The van der Waals surface area contributed by atoms with Crippen molar-refractivity contribution in [1.29, 1.82) is 0 Å². The Hall–Kier alpha value is -1.96. The second-order valence-electron chi connectivity index (χ2n) is 6.43. The Labute approximate surface area is 158 Å². The van der Waals surface area contributed by atoms with Gasteiger partial charge in [-0.3, -0.25) is 9.69 Å². The Morgan fingerprint density at radius 1 is 1.35 bits per heavy atom. The van der Waals surface area contributed by atoms with Crippen molar-refractivity contribution in [1.82, 2.24) is 14.8 Å². The highest BCUT2D eigenvalue weighted by molar-refractivity contribution is 7.09. The number of benzene rings is 1. The number of para-hydroxylation sites is 1. The second-order valence-corrected chi connectivity index (χ2v) is 7.37. The van der Waals surface area contributed by atoms with Gasteiger partial charge in [0.2, 0.25) is 0 Å². The quantitative estimate of drug-likeness (QED) is 0.743. The van der Waals surface area contributed by atoms with Gasteiger partial charge in [0.15, 0.2) is 6.61 Å². The Morgan fingerprint density at radius 3 is 2.88 bits per heavy atom. The molecule has 1 amide bonds. The van der Waals surface area contributed by atoms with Crippen LogP contribution in [-0.2, 0) is 22.6 Å². The highest BCUT2D eigenvalue weighted by atomic mass is 32.1. The summed E-state index contributed by atoms with van der Waals surface area (Å²) in [6.07, 6.45) is 0. The lowest BCUT2D eigenvalue weighted by Crippen LogP contribution is -2.35. The number of nitrogens with zero attached hydrogens (tertiary/aromatic N) is 3. The smallest absolute Gasteiger partial charge is 0.260 e. The number of carbonyl (C=O) groups is 1. The van der Waals surface area contributed by atoms with E-state index in [-0.39, 0.29) is 12.5 Å². The topological polar surface area (TPSA) is 54.9 Å². The molecule has 1 saturated heterocycles. The van der Waals surface area contributed by atoms with Gasteiger partial charge < -0.3 is 14.4 Å². The van der Waals surface area contributed by atoms with E-state index in [2.05, 4.69) is 9.88 Å². The van der Waals surface area contributed by atoms with Crippen LogP contribution in [0.15, 0.2) is 29.6 Å². The molecule has 0 saturated carbocycles. The first-order valence-electron chi connectivity index (χ1n) is 8.77. The first-order valence-corrected chi connectivity index (χ1v) is 9.65. The van der Waals surface area contributed by atoms with Crippen molar-refractivity contribution in [2.75, 3.05) is 40.0 Å². The molecule has 0 spiro atoms. The van der Waals surface area contributed by atoms with E-state index in [9.17, 15) is 4.79 Å². The third kappa shape index (κ3) is 5.27. The van der Waals surface area contributed by atoms with Crippen molar-refractivity contribution in [3.8, 4) is 5.75 Å². The molecule has 1 fully saturated rings. The summed E-state index contributed by atoms with van der Waals surface area (Å²) >= 11 is 1.65. The van der Waals surface area contributed by atoms with Crippen LogP contribution in [-0.4, -0.2) is 60.6 Å². The number of thiazole rings is 1. The van der Waals surface area contributed by atoms with Gasteiger partial charge in [0.25, 0.3) is 5.91 Å². The number of carbonyl (C=O) groups excluding carboxylic acids is 1. The largest absolute Gasteiger partial charge is 0.484 e. The SMILES string of the molecule is Cc1ccccc1OCC(=O)N(C)Cc1csc(CN2CCOCC2)n1. The zero-order valence-corrected chi connectivity index (χ0v) is 16.1. The van der Waals surface area contributed by atoms with E-state index in [1.807, 2.05) is 36.6 Å². The fourth-order valence-electron chi connectivity index (χ4n) is 2.74. The zero-order chi connectivity index (χ0) is 18.4. The standard InChI is InChI=1S/C19H25N3O3S/c1-15-5-3-4-6-17(15)25-13-19(23)21(2)11-16-14-26-18(20-16)12-22-7-9-24-10-8-22/h3-6,14H,7-13H2,1-2H3. The van der Waals surface area contributed by atoms with Crippen LogP contribution in [0.25, 0.3) is 0 Å². The van der Waals surface area contributed by atoms with E-state index < -0.39 is 0 Å². The molecule has 1 aromatic carbocycles. The molecule has 0 bridgehead atoms. The molecule has 1 aliphatic rings. The summed E-state index contributed by atoms with van der Waals surface area (Å²) in [4.78, 5) is 21.0. The van der Waals surface area contributed by atoms with Crippen LogP contribution in [0.2, 0.25) is 0 Å². The van der Waals surface area contributed by atoms with Gasteiger partial charge in [0.1, 0.15) is 10.8 Å². The predicted molar refractivity (Wildman–Crippen MR) is 101 cm³/mol. The van der Waals surface area contributed by atoms with Gasteiger partial charge in [0.05, 0.1) is 32.0 Å². The molecule has 1 aromatic heterocycles. The third-order valence-corrected chi connectivity index (χ3v) is 5.21. The fourth-order valence-corrected chi connectivity index (χ4v) is 3.57. The summed E-state index contributed by atoms with van der Waals surface area (Å²) in [6, 6.07) is 7.70. The minimum Gasteiger partial charge on any atom is -0.484 e. The maximum absolute atomic E-state index is 12.3. The predicted octanol–water partition coefficient (Wildman–Crippen LogP) is 2.32. The molecule has 140 valence electrons. The van der Waals surface area contributed by atoms with Crippen LogP contribution in [0.3, 0.4) is 0 Å². The van der Waals surface area contributed by atoms with Gasteiger partial charge in [-0.25, -0.2) is 4.98 Å². The number of aromatic nitrogens is 1. The van der Waals surface area contributed by atoms with Crippen molar-refractivity contribution < 1.29 is 14.3 Å². The van der Waals surface area contributed by atoms with Crippen molar-refractivity contribution in [3.05, 3.63) is 45.9 Å². The van der Waals surface area contributed by atoms with E-state index in [1.54, 1.807) is 23.3 Å². The Morgan fingerprint density at radius 2 is 2.12 bits per heavy atom. The van der Waals surface area contributed by atoms with E-state index in [4.69, 9.17) is 9.47 Å². The monoisotopic (exact) mass is 375 g/mol. The van der Waals surface area contributed by atoms with Gasteiger partial charge in [-0.2, -0.15) is 0 Å². The molecule has 2 heterocycles. The van der Waals surface area contributed by atoms with Gasteiger partial charge >= 0.3 is 0 Å². The molecule has 6 nitrogen and oxygen atoms in total. The van der Waals surface area contributed by atoms with Crippen LogP contribution in [0.1, 0.15) is 16.3 Å². The van der Waals surface area contributed by atoms with Gasteiger partial charge in [-0.1, -0.05) is 18.2 Å². The van der Waals surface area contributed by atoms with Crippen molar-refractivity contribution in [3.63, 3.8) is 0 Å². The van der Waals surface area contributed by atoms with Crippen molar-refractivity contribution in [2.45, 2.75) is 20.0 Å². The number of hydrogen-bond acceptors (Lipinski definition) is 6. The summed E-state index contributed by atoms with van der Waals surface area (Å²) < 4.78 is 11.0. The van der Waals surface area contributed by atoms with Gasteiger partial charge in [0, 0.05) is 25.5 Å². The average Bonchev–Trinajstić information content (AvgIpc) is 3.08. The minimum absolute atomic E-state index is 0.0339. The lowest BCUT2D eigenvalue weighted by molar-refractivity contribution is -0.132. The number of hydrogen-bond donors (Lipinski definition) is 0. The molecule has 0 unspecified atom stereocenters. The first-order chi connectivity index (χ1) is 12.6. The highest BCUT2D eigenvalue weighted by Crippen LogP contribution is 2.17. The maximum atomic E-state index is 12.3.